The summed E-state index contributed by atoms with van der Waals surface area (Å²) in [5.74, 6) is -0.111. The van der Waals surface area contributed by atoms with Gasteiger partial charge in [-0.3, -0.25) is 4.79 Å². The summed E-state index contributed by atoms with van der Waals surface area (Å²) in [6.07, 6.45) is 0.617. The summed E-state index contributed by atoms with van der Waals surface area (Å²) in [6, 6.07) is 14.1. The van der Waals surface area contributed by atoms with Gasteiger partial charge in [0.2, 0.25) is 15.9 Å². The maximum absolute atomic E-state index is 13.0. The number of morpholine rings is 1. The third kappa shape index (κ3) is 5.00. The summed E-state index contributed by atoms with van der Waals surface area (Å²) in [4.78, 5) is 13.1. The molecule has 2 aromatic rings. The SMILES string of the molecule is CCOc1ccc(S(=O)(=O)N2CCOCC2)cc1NC(=O)C(CC)c1ccccc1. The van der Waals surface area contributed by atoms with Crippen LogP contribution in [0, 0.1) is 0 Å². The van der Waals surface area contributed by atoms with E-state index < -0.39 is 10.0 Å². The molecule has 7 nitrogen and oxygen atoms in total. The average Bonchev–Trinajstić information content (AvgIpc) is 2.77. The van der Waals surface area contributed by atoms with Gasteiger partial charge < -0.3 is 14.8 Å². The molecule has 1 N–H and O–H groups in total. The first-order chi connectivity index (χ1) is 14.5. The van der Waals surface area contributed by atoms with Gasteiger partial charge in [-0.25, -0.2) is 8.42 Å². The van der Waals surface area contributed by atoms with Crippen LogP contribution in [0.4, 0.5) is 5.69 Å². The number of nitrogens with zero attached hydrogens (tertiary/aromatic N) is 1. The van der Waals surface area contributed by atoms with Gasteiger partial charge in [-0.05, 0) is 37.1 Å². The van der Waals surface area contributed by atoms with Crippen molar-refractivity contribution in [3.63, 3.8) is 0 Å². The Balaban J connectivity index is 1.90. The summed E-state index contributed by atoms with van der Waals surface area (Å²) in [6.45, 7) is 5.54. The first-order valence-electron chi connectivity index (χ1n) is 10.2. The molecular formula is C22H28N2O5S. The van der Waals surface area contributed by atoms with Gasteiger partial charge in [-0.1, -0.05) is 37.3 Å². The van der Waals surface area contributed by atoms with E-state index >= 15 is 0 Å². The molecule has 0 saturated carbocycles. The minimum Gasteiger partial charge on any atom is -0.492 e. The fourth-order valence-electron chi connectivity index (χ4n) is 3.46. The highest BCUT2D eigenvalue weighted by atomic mass is 32.2. The number of nitrogens with one attached hydrogen (secondary N) is 1. The molecule has 0 aliphatic carbocycles. The molecule has 1 aliphatic heterocycles. The van der Waals surface area contributed by atoms with E-state index in [4.69, 9.17) is 9.47 Å². The third-order valence-corrected chi connectivity index (χ3v) is 6.94. The van der Waals surface area contributed by atoms with Crippen LogP contribution in [0.5, 0.6) is 5.75 Å². The molecule has 1 saturated heterocycles. The molecule has 0 radical (unpaired) electrons. The Bertz CT molecular complexity index is 957. The summed E-state index contributed by atoms with van der Waals surface area (Å²) < 4.78 is 38.3. The molecule has 8 heteroatoms. The minimum atomic E-state index is -3.68. The van der Waals surface area contributed by atoms with Gasteiger partial charge in [0.05, 0.1) is 36.3 Å². The zero-order chi connectivity index (χ0) is 21.6. The summed E-state index contributed by atoms with van der Waals surface area (Å²) >= 11 is 0. The number of amides is 1. The Labute approximate surface area is 178 Å². The maximum Gasteiger partial charge on any atom is 0.243 e. The van der Waals surface area contributed by atoms with Crippen molar-refractivity contribution in [2.24, 2.45) is 0 Å². The topological polar surface area (TPSA) is 84.9 Å². The molecule has 30 heavy (non-hydrogen) atoms. The molecule has 1 amide bonds. The first kappa shape index (κ1) is 22.3. The summed E-state index contributed by atoms with van der Waals surface area (Å²) in [7, 11) is -3.68. The molecule has 3 rings (SSSR count). The van der Waals surface area contributed by atoms with Crippen LogP contribution in [-0.2, 0) is 19.6 Å². The summed E-state index contributed by atoms with van der Waals surface area (Å²) in [5, 5.41) is 2.89. The fourth-order valence-corrected chi connectivity index (χ4v) is 4.90. The number of carbonyl (C=O) groups excluding carboxylic acids is 1. The highest BCUT2D eigenvalue weighted by Gasteiger charge is 2.28. The molecule has 0 aromatic heterocycles. The Morgan fingerprint density at radius 2 is 1.83 bits per heavy atom. The van der Waals surface area contributed by atoms with Gasteiger partial charge in [-0.15, -0.1) is 0 Å². The number of hydrogen-bond donors (Lipinski definition) is 1. The Kier molecular flexibility index (Phi) is 7.47. The van der Waals surface area contributed by atoms with E-state index in [1.54, 1.807) is 6.07 Å². The van der Waals surface area contributed by atoms with Crippen LogP contribution in [0.1, 0.15) is 31.7 Å². The van der Waals surface area contributed by atoms with Gasteiger partial charge >= 0.3 is 0 Å². The molecule has 1 unspecified atom stereocenters. The monoisotopic (exact) mass is 432 g/mol. The predicted octanol–water partition coefficient (Wildman–Crippen LogP) is 3.24. The number of rotatable bonds is 8. The normalized spacial score (nSPS) is 16.1. The lowest BCUT2D eigenvalue weighted by Gasteiger charge is -2.26. The second-order valence-electron chi connectivity index (χ2n) is 6.97. The fraction of sp³-hybridized carbons (Fsp3) is 0.409. The van der Waals surface area contributed by atoms with Crippen molar-refractivity contribution >= 4 is 21.6 Å². The van der Waals surface area contributed by atoms with E-state index in [0.29, 0.717) is 50.8 Å². The van der Waals surface area contributed by atoms with Crippen LogP contribution < -0.4 is 10.1 Å². The Hall–Kier alpha value is -2.42. The zero-order valence-electron chi connectivity index (χ0n) is 17.3. The highest BCUT2D eigenvalue weighted by molar-refractivity contribution is 7.89. The lowest BCUT2D eigenvalue weighted by atomic mass is 9.95. The van der Waals surface area contributed by atoms with Crippen molar-refractivity contribution in [3.05, 3.63) is 54.1 Å². The van der Waals surface area contributed by atoms with Gasteiger partial charge in [-0.2, -0.15) is 4.31 Å². The number of carbonyl (C=O) groups is 1. The Morgan fingerprint density at radius 3 is 2.47 bits per heavy atom. The van der Waals surface area contributed by atoms with E-state index in [1.165, 1.54) is 16.4 Å². The third-order valence-electron chi connectivity index (χ3n) is 5.04. The number of anilines is 1. The number of benzene rings is 2. The van der Waals surface area contributed by atoms with Crippen LogP contribution >= 0.6 is 0 Å². The van der Waals surface area contributed by atoms with Crippen molar-refractivity contribution in [3.8, 4) is 5.75 Å². The molecule has 1 atom stereocenters. The van der Waals surface area contributed by atoms with Crippen molar-refractivity contribution < 1.29 is 22.7 Å². The van der Waals surface area contributed by atoms with Gasteiger partial charge in [0.25, 0.3) is 0 Å². The van der Waals surface area contributed by atoms with E-state index in [2.05, 4.69) is 5.32 Å². The molecule has 162 valence electrons. The van der Waals surface area contributed by atoms with Crippen molar-refractivity contribution in [1.82, 2.24) is 4.31 Å². The minimum absolute atomic E-state index is 0.121. The van der Waals surface area contributed by atoms with E-state index in [0.717, 1.165) is 5.56 Å². The largest absolute Gasteiger partial charge is 0.492 e. The molecule has 1 fully saturated rings. The van der Waals surface area contributed by atoms with Crippen LogP contribution in [0.25, 0.3) is 0 Å². The van der Waals surface area contributed by atoms with Gasteiger partial charge in [0.15, 0.2) is 0 Å². The van der Waals surface area contributed by atoms with Crippen molar-refractivity contribution in [1.29, 1.82) is 0 Å². The van der Waals surface area contributed by atoms with Gasteiger partial charge in [0, 0.05) is 13.1 Å². The van der Waals surface area contributed by atoms with Crippen molar-refractivity contribution in [2.75, 3.05) is 38.2 Å². The molecule has 0 spiro atoms. The molecule has 1 aliphatic rings. The lowest BCUT2D eigenvalue weighted by Crippen LogP contribution is -2.40. The van der Waals surface area contributed by atoms with Gasteiger partial charge in [0.1, 0.15) is 5.75 Å². The van der Waals surface area contributed by atoms with Crippen LogP contribution in [0.3, 0.4) is 0 Å². The highest BCUT2D eigenvalue weighted by Crippen LogP contribution is 2.31. The standard InChI is InChI=1S/C22H28N2O5S/c1-3-19(17-8-6-5-7-9-17)22(25)23-20-16-18(10-11-21(20)29-4-2)30(26,27)24-12-14-28-15-13-24/h5-11,16,19H,3-4,12-15H2,1-2H3,(H,23,25). The lowest BCUT2D eigenvalue weighted by molar-refractivity contribution is -0.117. The second kappa shape index (κ2) is 10.1. The van der Waals surface area contributed by atoms with Crippen LogP contribution in [-0.4, -0.2) is 51.5 Å². The van der Waals surface area contributed by atoms with Crippen LogP contribution in [0.15, 0.2) is 53.4 Å². The van der Waals surface area contributed by atoms with E-state index in [-0.39, 0.29) is 16.7 Å². The summed E-state index contributed by atoms with van der Waals surface area (Å²) in [5.41, 5.74) is 1.26. The quantitative estimate of drug-likeness (QED) is 0.692. The van der Waals surface area contributed by atoms with Crippen molar-refractivity contribution in [2.45, 2.75) is 31.1 Å². The maximum atomic E-state index is 13.0. The Morgan fingerprint density at radius 1 is 1.13 bits per heavy atom. The number of hydrogen-bond acceptors (Lipinski definition) is 5. The molecule has 1 heterocycles. The van der Waals surface area contributed by atoms with E-state index in [1.807, 2.05) is 44.2 Å². The smallest absolute Gasteiger partial charge is 0.243 e. The number of ether oxygens (including phenoxy) is 2. The molecular weight excluding hydrogens is 404 g/mol. The van der Waals surface area contributed by atoms with E-state index in [9.17, 15) is 13.2 Å². The number of sulfonamides is 1. The first-order valence-corrected chi connectivity index (χ1v) is 11.6. The second-order valence-corrected chi connectivity index (χ2v) is 8.91. The average molecular weight is 433 g/mol. The molecule has 2 aromatic carbocycles. The zero-order valence-corrected chi connectivity index (χ0v) is 18.2. The molecule has 0 bridgehead atoms. The predicted molar refractivity (Wildman–Crippen MR) is 115 cm³/mol. The van der Waals surface area contributed by atoms with Crippen LogP contribution in [0.2, 0.25) is 0 Å².